The quantitative estimate of drug-likeness (QED) is 0.243. The van der Waals surface area contributed by atoms with Crippen LogP contribution in [-0.4, -0.2) is 39.4 Å². The number of nitrogens with one attached hydrogen (secondary N) is 1. The highest BCUT2D eigenvalue weighted by Gasteiger charge is 2.27. The van der Waals surface area contributed by atoms with Crippen LogP contribution in [0.15, 0.2) is 53.6 Å². The monoisotopic (exact) mass is 507 g/mol. The van der Waals surface area contributed by atoms with Crippen LogP contribution in [0.4, 0.5) is 0 Å². The number of hydrogen-bond acceptors (Lipinski definition) is 6. The standard InChI is InChI=1S/C30H41N3O4/c1-5-6-7-8-9-10-14-17-36-26-19-24(30(3,4)23-15-12-11-13-16-23)18-25(27(26)37-20-22(2)34)28-31-21-32-29(35)33-28/h11-13,15-16,18-19,21-22,34H,5-10,14,17,20H2,1-4H3,(H,31,32,33,35). The van der Waals surface area contributed by atoms with E-state index in [1.54, 1.807) is 6.92 Å². The van der Waals surface area contributed by atoms with Crippen LogP contribution in [0.2, 0.25) is 0 Å². The van der Waals surface area contributed by atoms with Gasteiger partial charge in [0, 0.05) is 5.41 Å². The smallest absolute Gasteiger partial charge is 0.348 e. The Kier molecular flexibility index (Phi) is 10.7. The molecule has 0 aliphatic rings. The molecule has 2 N–H and O–H groups in total. The average molecular weight is 508 g/mol. The zero-order valence-electron chi connectivity index (χ0n) is 22.6. The number of aromatic amines is 1. The van der Waals surface area contributed by atoms with Gasteiger partial charge in [0.05, 0.1) is 18.3 Å². The van der Waals surface area contributed by atoms with Gasteiger partial charge in [-0.15, -0.1) is 0 Å². The van der Waals surface area contributed by atoms with Crippen molar-refractivity contribution >= 4 is 0 Å². The second-order valence-electron chi connectivity index (χ2n) is 10.1. The summed E-state index contributed by atoms with van der Waals surface area (Å²) in [6, 6.07) is 14.2. The van der Waals surface area contributed by atoms with Gasteiger partial charge in [-0.2, -0.15) is 4.98 Å². The minimum absolute atomic E-state index is 0.0809. The predicted octanol–water partition coefficient (Wildman–Crippen LogP) is 6.05. The molecule has 0 aliphatic heterocycles. The van der Waals surface area contributed by atoms with E-state index in [-0.39, 0.29) is 12.0 Å². The van der Waals surface area contributed by atoms with Crippen molar-refractivity contribution < 1.29 is 14.6 Å². The first-order valence-electron chi connectivity index (χ1n) is 13.4. The maximum absolute atomic E-state index is 12.0. The van der Waals surface area contributed by atoms with E-state index in [9.17, 15) is 9.90 Å². The molecule has 1 atom stereocenters. The minimum Gasteiger partial charge on any atom is -0.490 e. The molecule has 0 spiro atoms. The van der Waals surface area contributed by atoms with Crippen LogP contribution >= 0.6 is 0 Å². The Balaban J connectivity index is 1.98. The normalized spacial score (nSPS) is 12.4. The zero-order valence-corrected chi connectivity index (χ0v) is 22.6. The maximum atomic E-state index is 12.0. The van der Waals surface area contributed by atoms with Crippen molar-refractivity contribution in [3.05, 3.63) is 70.4 Å². The fourth-order valence-electron chi connectivity index (χ4n) is 4.30. The molecule has 2 aromatic carbocycles. The van der Waals surface area contributed by atoms with Crippen molar-refractivity contribution in [1.29, 1.82) is 0 Å². The lowest BCUT2D eigenvalue weighted by Gasteiger charge is -2.28. The van der Waals surface area contributed by atoms with Crippen LogP contribution in [-0.2, 0) is 5.41 Å². The lowest BCUT2D eigenvalue weighted by atomic mass is 9.77. The van der Waals surface area contributed by atoms with Crippen molar-refractivity contribution in [1.82, 2.24) is 15.0 Å². The fourth-order valence-corrected chi connectivity index (χ4v) is 4.30. The third-order valence-corrected chi connectivity index (χ3v) is 6.59. The Morgan fingerprint density at radius 2 is 1.65 bits per heavy atom. The molecule has 0 aliphatic carbocycles. The van der Waals surface area contributed by atoms with E-state index in [1.807, 2.05) is 30.3 Å². The summed E-state index contributed by atoms with van der Waals surface area (Å²) in [4.78, 5) is 22.8. The van der Waals surface area contributed by atoms with Gasteiger partial charge in [-0.05, 0) is 36.6 Å². The summed E-state index contributed by atoms with van der Waals surface area (Å²) in [6.07, 6.45) is 8.88. The number of aliphatic hydroxyl groups excluding tert-OH is 1. The van der Waals surface area contributed by atoms with Crippen LogP contribution in [0.5, 0.6) is 11.5 Å². The number of unbranched alkanes of at least 4 members (excludes halogenated alkanes) is 6. The molecule has 0 radical (unpaired) electrons. The number of hydrogen-bond donors (Lipinski definition) is 2. The first-order chi connectivity index (χ1) is 17.8. The molecule has 0 amide bonds. The van der Waals surface area contributed by atoms with E-state index in [4.69, 9.17) is 9.47 Å². The summed E-state index contributed by atoms with van der Waals surface area (Å²) in [5, 5.41) is 9.93. The Labute approximate surface area is 220 Å². The van der Waals surface area contributed by atoms with Gasteiger partial charge in [-0.1, -0.05) is 89.6 Å². The molecule has 7 nitrogen and oxygen atoms in total. The highest BCUT2D eigenvalue weighted by Crippen LogP contribution is 2.43. The van der Waals surface area contributed by atoms with Gasteiger partial charge < -0.3 is 14.6 Å². The Bertz CT molecular complexity index is 1160. The third-order valence-electron chi connectivity index (χ3n) is 6.59. The van der Waals surface area contributed by atoms with E-state index in [1.165, 1.54) is 38.4 Å². The molecule has 3 rings (SSSR count). The SMILES string of the molecule is CCCCCCCCCOc1cc(C(C)(C)c2ccccc2)cc(-c2ncnc(=O)[nH]2)c1OCC(C)O. The lowest BCUT2D eigenvalue weighted by molar-refractivity contribution is 0.120. The van der Waals surface area contributed by atoms with Gasteiger partial charge in [0.15, 0.2) is 11.5 Å². The first-order valence-corrected chi connectivity index (χ1v) is 13.4. The van der Waals surface area contributed by atoms with Gasteiger partial charge in [-0.3, -0.25) is 4.98 Å². The molecule has 0 fully saturated rings. The summed E-state index contributed by atoms with van der Waals surface area (Å²) in [5.74, 6) is 1.36. The molecule has 0 saturated carbocycles. The second-order valence-corrected chi connectivity index (χ2v) is 10.1. The highest BCUT2D eigenvalue weighted by atomic mass is 16.5. The van der Waals surface area contributed by atoms with E-state index in [2.05, 4.69) is 47.9 Å². The molecule has 200 valence electrons. The fraction of sp³-hybridized carbons (Fsp3) is 0.500. The van der Waals surface area contributed by atoms with Crippen molar-refractivity contribution in [2.45, 2.75) is 84.2 Å². The predicted molar refractivity (Wildman–Crippen MR) is 147 cm³/mol. The molecule has 37 heavy (non-hydrogen) atoms. The molecule has 7 heteroatoms. The Hall–Kier alpha value is -3.19. The summed E-state index contributed by atoms with van der Waals surface area (Å²) in [7, 11) is 0. The van der Waals surface area contributed by atoms with Crippen molar-refractivity contribution in [2.75, 3.05) is 13.2 Å². The van der Waals surface area contributed by atoms with Crippen LogP contribution in [0.1, 0.15) is 83.8 Å². The summed E-state index contributed by atoms with van der Waals surface area (Å²) >= 11 is 0. The van der Waals surface area contributed by atoms with Crippen molar-refractivity contribution in [2.24, 2.45) is 0 Å². The summed E-state index contributed by atoms with van der Waals surface area (Å²) < 4.78 is 12.4. The van der Waals surface area contributed by atoms with Crippen LogP contribution in [0.25, 0.3) is 11.4 Å². The van der Waals surface area contributed by atoms with Gasteiger partial charge in [0.1, 0.15) is 18.8 Å². The number of H-pyrrole nitrogens is 1. The van der Waals surface area contributed by atoms with Crippen LogP contribution in [0, 0.1) is 0 Å². The summed E-state index contributed by atoms with van der Waals surface area (Å²) in [5.41, 5.74) is 1.88. The second kappa shape index (κ2) is 13.9. The molecule has 1 unspecified atom stereocenters. The Morgan fingerprint density at radius 1 is 0.946 bits per heavy atom. The number of aromatic nitrogens is 3. The summed E-state index contributed by atoms with van der Waals surface area (Å²) in [6.45, 7) is 8.83. The zero-order chi connectivity index (χ0) is 26.7. The first kappa shape index (κ1) is 28.4. The maximum Gasteiger partial charge on any atom is 0.348 e. The minimum atomic E-state index is -0.672. The highest BCUT2D eigenvalue weighted by molar-refractivity contribution is 5.71. The topological polar surface area (TPSA) is 97.3 Å². The van der Waals surface area contributed by atoms with E-state index < -0.39 is 11.8 Å². The number of rotatable bonds is 15. The molecule has 0 bridgehead atoms. The van der Waals surface area contributed by atoms with Crippen LogP contribution < -0.4 is 15.2 Å². The number of aliphatic hydroxyl groups is 1. The number of ether oxygens (including phenoxy) is 2. The molecule has 0 saturated heterocycles. The van der Waals surface area contributed by atoms with Gasteiger partial charge in [0.2, 0.25) is 0 Å². The van der Waals surface area contributed by atoms with Gasteiger partial charge in [0.25, 0.3) is 0 Å². The van der Waals surface area contributed by atoms with E-state index in [0.29, 0.717) is 29.5 Å². The van der Waals surface area contributed by atoms with Crippen LogP contribution in [0.3, 0.4) is 0 Å². The van der Waals surface area contributed by atoms with E-state index >= 15 is 0 Å². The molecular weight excluding hydrogens is 466 g/mol. The van der Waals surface area contributed by atoms with E-state index in [0.717, 1.165) is 24.0 Å². The van der Waals surface area contributed by atoms with Crippen molar-refractivity contribution in [3.8, 4) is 22.9 Å². The molecule has 1 heterocycles. The third kappa shape index (κ3) is 8.15. The lowest BCUT2D eigenvalue weighted by Crippen LogP contribution is -2.20. The molecular formula is C30H41N3O4. The average Bonchev–Trinajstić information content (AvgIpc) is 2.89. The molecule has 3 aromatic rings. The largest absolute Gasteiger partial charge is 0.490 e. The van der Waals surface area contributed by atoms with Gasteiger partial charge >= 0.3 is 5.69 Å². The van der Waals surface area contributed by atoms with Gasteiger partial charge in [-0.25, -0.2) is 9.78 Å². The Morgan fingerprint density at radius 3 is 2.32 bits per heavy atom. The number of nitrogens with zero attached hydrogens (tertiary/aromatic N) is 2. The number of benzene rings is 2. The molecule has 1 aromatic heterocycles. The van der Waals surface area contributed by atoms with Crippen molar-refractivity contribution in [3.63, 3.8) is 0 Å².